The van der Waals surface area contributed by atoms with E-state index in [0.717, 1.165) is 24.5 Å². The highest BCUT2D eigenvalue weighted by molar-refractivity contribution is 7.08. The first-order valence-corrected chi connectivity index (χ1v) is 10.7. The summed E-state index contributed by atoms with van der Waals surface area (Å²) in [7, 11) is 1.66. The van der Waals surface area contributed by atoms with Crippen molar-refractivity contribution >= 4 is 34.5 Å². The Morgan fingerprint density at radius 3 is 2.53 bits per heavy atom. The molecule has 4 rings (SSSR count). The van der Waals surface area contributed by atoms with Crippen LogP contribution in [0.25, 0.3) is 0 Å². The zero-order valence-corrected chi connectivity index (χ0v) is 17.5. The SMILES string of the molecule is COc1cccc(N2CCN(C(=O)c3ccccc3NC(=O)c3ccsc3)CC2)c1. The monoisotopic (exact) mass is 421 g/mol. The highest BCUT2D eigenvalue weighted by Gasteiger charge is 2.24. The van der Waals surface area contributed by atoms with Crippen molar-refractivity contribution in [2.45, 2.75) is 0 Å². The summed E-state index contributed by atoms with van der Waals surface area (Å²) in [5, 5.41) is 6.52. The highest BCUT2D eigenvalue weighted by Crippen LogP contribution is 2.24. The van der Waals surface area contributed by atoms with E-state index in [0.29, 0.717) is 29.9 Å². The van der Waals surface area contributed by atoms with Crippen molar-refractivity contribution in [1.29, 1.82) is 0 Å². The maximum absolute atomic E-state index is 13.2. The summed E-state index contributed by atoms with van der Waals surface area (Å²) in [5.41, 5.74) is 2.73. The minimum Gasteiger partial charge on any atom is -0.497 e. The lowest BCUT2D eigenvalue weighted by molar-refractivity contribution is 0.0748. The van der Waals surface area contributed by atoms with Crippen LogP contribution in [-0.2, 0) is 0 Å². The molecule has 0 radical (unpaired) electrons. The van der Waals surface area contributed by atoms with Gasteiger partial charge in [0, 0.05) is 43.3 Å². The van der Waals surface area contributed by atoms with E-state index in [4.69, 9.17) is 4.74 Å². The molecule has 0 atom stereocenters. The first-order chi connectivity index (χ1) is 14.7. The minimum absolute atomic E-state index is 0.0680. The molecule has 1 aliphatic heterocycles. The third kappa shape index (κ3) is 4.31. The van der Waals surface area contributed by atoms with Gasteiger partial charge in [-0.05, 0) is 35.7 Å². The topological polar surface area (TPSA) is 61.9 Å². The number of nitrogens with zero attached hydrogens (tertiary/aromatic N) is 2. The van der Waals surface area contributed by atoms with Crippen LogP contribution in [0.3, 0.4) is 0 Å². The minimum atomic E-state index is -0.209. The molecule has 2 amide bonds. The molecule has 154 valence electrons. The molecule has 1 fully saturated rings. The summed E-state index contributed by atoms with van der Waals surface area (Å²) in [6.07, 6.45) is 0. The van der Waals surface area contributed by atoms with Gasteiger partial charge in [-0.15, -0.1) is 0 Å². The van der Waals surface area contributed by atoms with Crippen LogP contribution >= 0.6 is 11.3 Å². The number of carbonyl (C=O) groups excluding carboxylic acids is 2. The Balaban J connectivity index is 1.44. The summed E-state index contributed by atoms with van der Waals surface area (Å²) in [6, 6.07) is 16.9. The fraction of sp³-hybridized carbons (Fsp3) is 0.217. The summed E-state index contributed by atoms with van der Waals surface area (Å²) >= 11 is 1.46. The smallest absolute Gasteiger partial charge is 0.256 e. The van der Waals surface area contributed by atoms with Gasteiger partial charge in [0.2, 0.25) is 0 Å². The number of carbonyl (C=O) groups is 2. The summed E-state index contributed by atoms with van der Waals surface area (Å²) in [6.45, 7) is 2.70. The first kappa shape index (κ1) is 20.0. The second kappa shape index (κ2) is 9.00. The van der Waals surface area contributed by atoms with Crippen molar-refractivity contribution in [3.63, 3.8) is 0 Å². The van der Waals surface area contributed by atoms with Gasteiger partial charge < -0.3 is 19.9 Å². The molecular weight excluding hydrogens is 398 g/mol. The number of piperazine rings is 1. The van der Waals surface area contributed by atoms with Crippen molar-refractivity contribution in [1.82, 2.24) is 4.90 Å². The van der Waals surface area contributed by atoms with E-state index in [-0.39, 0.29) is 11.8 Å². The second-order valence-electron chi connectivity index (χ2n) is 6.99. The number of hydrogen-bond acceptors (Lipinski definition) is 5. The average molecular weight is 422 g/mol. The van der Waals surface area contributed by atoms with Gasteiger partial charge in [-0.3, -0.25) is 9.59 Å². The number of nitrogens with one attached hydrogen (secondary N) is 1. The van der Waals surface area contributed by atoms with E-state index in [1.165, 1.54) is 11.3 Å². The van der Waals surface area contributed by atoms with Gasteiger partial charge in [-0.25, -0.2) is 0 Å². The molecule has 6 nitrogen and oxygen atoms in total. The lowest BCUT2D eigenvalue weighted by Crippen LogP contribution is -2.49. The van der Waals surface area contributed by atoms with E-state index in [2.05, 4.69) is 16.3 Å². The van der Waals surface area contributed by atoms with Crippen LogP contribution < -0.4 is 15.0 Å². The molecule has 0 saturated carbocycles. The number of ether oxygens (including phenoxy) is 1. The van der Waals surface area contributed by atoms with Gasteiger partial charge in [0.15, 0.2) is 0 Å². The van der Waals surface area contributed by atoms with Crippen molar-refractivity contribution < 1.29 is 14.3 Å². The molecule has 1 aromatic heterocycles. The van der Waals surface area contributed by atoms with Gasteiger partial charge in [0.1, 0.15) is 5.75 Å². The fourth-order valence-corrected chi connectivity index (χ4v) is 4.15. The summed E-state index contributed by atoms with van der Waals surface area (Å²) < 4.78 is 5.31. The van der Waals surface area contributed by atoms with Gasteiger partial charge in [-0.1, -0.05) is 18.2 Å². The van der Waals surface area contributed by atoms with E-state index in [1.54, 1.807) is 30.7 Å². The van der Waals surface area contributed by atoms with E-state index < -0.39 is 0 Å². The quantitative estimate of drug-likeness (QED) is 0.677. The van der Waals surface area contributed by atoms with Crippen LogP contribution in [0.15, 0.2) is 65.4 Å². The highest BCUT2D eigenvalue weighted by atomic mass is 32.1. The predicted octanol–water partition coefficient (Wildman–Crippen LogP) is 3.97. The Bertz CT molecular complexity index is 1030. The number of thiophene rings is 1. The van der Waals surface area contributed by atoms with Crippen molar-refractivity contribution in [2.24, 2.45) is 0 Å². The predicted molar refractivity (Wildman–Crippen MR) is 120 cm³/mol. The second-order valence-corrected chi connectivity index (χ2v) is 7.77. The molecular formula is C23H23N3O3S. The molecule has 1 N–H and O–H groups in total. The zero-order chi connectivity index (χ0) is 20.9. The molecule has 2 heterocycles. The molecule has 7 heteroatoms. The fourth-order valence-electron chi connectivity index (χ4n) is 3.51. The Labute approximate surface area is 179 Å². The molecule has 0 aliphatic carbocycles. The number of amides is 2. The first-order valence-electron chi connectivity index (χ1n) is 9.76. The van der Waals surface area contributed by atoms with Crippen LogP contribution in [0.5, 0.6) is 5.75 Å². The molecule has 0 bridgehead atoms. The summed E-state index contributed by atoms with van der Waals surface area (Å²) in [4.78, 5) is 29.7. The van der Waals surface area contributed by atoms with Crippen molar-refractivity contribution in [3.8, 4) is 5.75 Å². The number of anilines is 2. The van der Waals surface area contributed by atoms with E-state index in [9.17, 15) is 9.59 Å². The Morgan fingerprint density at radius 2 is 1.80 bits per heavy atom. The number of hydrogen-bond donors (Lipinski definition) is 1. The van der Waals surface area contributed by atoms with Gasteiger partial charge in [0.05, 0.1) is 23.9 Å². The van der Waals surface area contributed by atoms with Gasteiger partial charge in [0.25, 0.3) is 11.8 Å². The Hall–Kier alpha value is -3.32. The molecule has 0 spiro atoms. The Kier molecular flexibility index (Phi) is 5.99. The normalized spacial score (nSPS) is 13.8. The van der Waals surface area contributed by atoms with Crippen LogP contribution in [0.1, 0.15) is 20.7 Å². The number of benzene rings is 2. The van der Waals surface area contributed by atoms with Crippen molar-refractivity contribution in [2.75, 3.05) is 43.5 Å². The Morgan fingerprint density at radius 1 is 1.00 bits per heavy atom. The van der Waals surface area contributed by atoms with E-state index in [1.807, 2.05) is 40.6 Å². The largest absolute Gasteiger partial charge is 0.497 e. The number of methoxy groups -OCH3 is 1. The van der Waals surface area contributed by atoms with Crippen LogP contribution in [0.4, 0.5) is 11.4 Å². The maximum Gasteiger partial charge on any atom is 0.256 e. The van der Waals surface area contributed by atoms with Gasteiger partial charge >= 0.3 is 0 Å². The molecule has 1 aliphatic rings. The van der Waals surface area contributed by atoms with Gasteiger partial charge in [-0.2, -0.15) is 11.3 Å². The maximum atomic E-state index is 13.2. The number of para-hydroxylation sites is 1. The lowest BCUT2D eigenvalue weighted by Gasteiger charge is -2.36. The zero-order valence-electron chi connectivity index (χ0n) is 16.7. The lowest BCUT2D eigenvalue weighted by atomic mass is 10.1. The number of rotatable bonds is 5. The molecule has 30 heavy (non-hydrogen) atoms. The average Bonchev–Trinajstić information content (AvgIpc) is 3.34. The molecule has 3 aromatic rings. The third-order valence-electron chi connectivity index (χ3n) is 5.17. The molecule has 1 saturated heterocycles. The van der Waals surface area contributed by atoms with Crippen molar-refractivity contribution in [3.05, 3.63) is 76.5 Å². The molecule has 2 aromatic carbocycles. The van der Waals surface area contributed by atoms with Crippen LogP contribution in [0.2, 0.25) is 0 Å². The van der Waals surface area contributed by atoms with E-state index >= 15 is 0 Å². The van der Waals surface area contributed by atoms with Crippen LogP contribution in [-0.4, -0.2) is 50.0 Å². The third-order valence-corrected chi connectivity index (χ3v) is 5.86. The molecule has 0 unspecified atom stereocenters. The standard InChI is InChI=1S/C23H23N3O3S/c1-29-19-6-4-5-18(15-19)25-10-12-26(13-11-25)23(28)20-7-2-3-8-21(20)24-22(27)17-9-14-30-16-17/h2-9,14-16H,10-13H2,1H3,(H,24,27). The summed E-state index contributed by atoms with van der Waals surface area (Å²) in [5.74, 6) is 0.544. The van der Waals surface area contributed by atoms with Crippen LogP contribution in [0, 0.1) is 0 Å².